The van der Waals surface area contributed by atoms with Gasteiger partial charge in [0.25, 0.3) is 0 Å². The Bertz CT molecular complexity index is 1170. The average Bonchev–Trinajstić information content (AvgIpc) is 3.14. The molecule has 0 spiro atoms. The SMILES string of the molecule is CN(C(=O)OCC1C2=C(C=CCC2)c2ccccc21)[C@@H](Cc1cccc(C(F)(F)F)c1)C(=O)O. The summed E-state index contributed by atoms with van der Waals surface area (Å²) in [4.78, 5) is 25.6. The molecule has 1 amide bonds. The molecule has 5 nitrogen and oxygen atoms in total. The molecule has 2 aromatic carbocycles. The number of rotatable bonds is 6. The fourth-order valence-electron chi connectivity index (χ4n) is 4.60. The molecule has 178 valence electrons. The third-order valence-electron chi connectivity index (χ3n) is 6.36. The van der Waals surface area contributed by atoms with Gasteiger partial charge < -0.3 is 9.84 Å². The summed E-state index contributed by atoms with van der Waals surface area (Å²) in [5.74, 6) is -1.44. The quantitative estimate of drug-likeness (QED) is 0.590. The molecular weight excluding hydrogens is 447 g/mol. The lowest BCUT2D eigenvalue weighted by molar-refractivity contribution is -0.142. The average molecular weight is 471 g/mol. The van der Waals surface area contributed by atoms with Crippen molar-refractivity contribution in [3.05, 3.63) is 88.5 Å². The Labute approximate surface area is 195 Å². The van der Waals surface area contributed by atoms with Gasteiger partial charge in [-0.1, -0.05) is 60.2 Å². The Morgan fingerprint density at radius 1 is 1.18 bits per heavy atom. The summed E-state index contributed by atoms with van der Waals surface area (Å²) < 4.78 is 44.6. The molecule has 0 saturated carbocycles. The number of hydrogen-bond donors (Lipinski definition) is 1. The topological polar surface area (TPSA) is 66.8 Å². The maximum atomic E-state index is 13.0. The number of alkyl halides is 3. The number of aliphatic carboxylic acids is 1. The maximum absolute atomic E-state index is 13.0. The number of carbonyl (C=O) groups is 2. The number of carboxylic acids is 1. The second kappa shape index (κ2) is 9.37. The molecule has 0 fully saturated rings. The summed E-state index contributed by atoms with van der Waals surface area (Å²) in [6.07, 6.45) is 0.291. The zero-order chi connectivity index (χ0) is 24.5. The van der Waals surface area contributed by atoms with E-state index in [0.29, 0.717) is 0 Å². The Morgan fingerprint density at radius 2 is 1.94 bits per heavy atom. The van der Waals surface area contributed by atoms with Gasteiger partial charge >= 0.3 is 18.2 Å². The maximum Gasteiger partial charge on any atom is 0.416 e. The summed E-state index contributed by atoms with van der Waals surface area (Å²) in [7, 11) is 1.28. The van der Waals surface area contributed by atoms with Gasteiger partial charge in [-0.15, -0.1) is 0 Å². The first-order valence-electron chi connectivity index (χ1n) is 10.9. The number of ether oxygens (including phenoxy) is 1. The number of allylic oxidation sites excluding steroid dienone is 3. The molecule has 0 heterocycles. The third-order valence-corrected chi connectivity index (χ3v) is 6.36. The fourth-order valence-corrected chi connectivity index (χ4v) is 4.60. The van der Waals surface area contributed by atoms with Crippen LogP contribution in [0, 0.1) is 0 Å². The number of likely N-dealkylation sites (N-methyl/N-ethyl adjacent to an activating group) is 1. The first-order valence-corrected chi connectivity index (χ1v) is 10.9. The van der Waals surface area contributed by atoms with Crippen molar-refractivity contribution in [2.45, 2.75) is 37.4 Å². The molecular formula is C26H24F3NO4. The van der Waals surface area contributed by atoms with Crippen LogP contribution in [-0.2, 0) is 22.1 Å². The molecule has 34 heavy (non-hydrogen) atoms. The van der Waals surface area contributed by atoms with Gasteiger partial charge in [0.1, 0.15) is 12.6 Å². The van der Waals surface area contributed by atoms with Crippen molar-refractivity contribution in [2.24, 2.45) is 0 Å². The number of amides is 1. The second-order valence-corrected chi connectivity index (χ2v) is 8.46. The number of hydrogen-bond acceptors (Lipinski definition) is 3. The molecule has 1 N–H and O–H groups in total. The van der Waals surface area contributed by atoms with E-state index >= 15 is 0 Å². The van der Waals surface area contributed by atoms with Crippen molar-refractivity contribution in [1.29, 1.82) is 0 Å². The minimum Gasteiger partial charge on any atom is -0.480 e. The van der Waals surface area contributed by atoms with Gasteiger partial charge in [-0.2, -0.15) is 13.2 Å². The highest BCUT2D eigenvalue weighted by molar-refractivity contribution is 5.85. The first kappa shape index (κ1) is 23.6. The molecule has 2 aliphatic carbocycles. The number of fused-ring (bicyclic) bond motifs is 2. The highest BCUT2D eigenvalue weighted by atomic mass is 19.4. The highest BCUT2D eigenvalue weighted by Crippen LogP contribution is 2.46. The summed E-state index contributed by atoms with van der Waals surface area (Å²) in [5, 5.41) is 9.66. The largest absolute Gasteiger partial charge is 0.480 e. The third kappa shape index (κ3) is 4.71. The molecule has 8 heteroatoms. The number of carbonyl (C=O) groups excluding carboxylic acids is 1. The smallest absolute Gasteiger partial charge is 0.416 e. The van der Waals surface area contributed by atoms with Crippen molar-refractivity contribution >= 4 is 17.6 Å². The van der Waals surface area contributed by atoms with Crippen LogP contribution in [0.15, 0.2) is 66.3 Å². The number of nitrogens with zero attached hydrogens (tertiary/aromatic N) is 1. The van der Waals surface area contributed by atoms with Crippen molar-refractivity contribution in [3.8, 4) is 0 Å². The van der Waals surface area contributed by atoms with Gasteiger partial charge in [0.15, 0.2) is 0 Å². The van der Waals surface area contributed by atoms with E-state index in [1.807, 2.05) is 24.3 Å². The summed E-state index contributed by atoms with van der Waals surface area (Å²) in [6, 6.07) is 11.0. The number of halogens is 3. The van der Waals surface area contributed by atoms with Gasteiger partial charge in [0, 0.05) is 19.4 Å². The van der Waals surface area contributed by atoms with Crippen LogP contribution in [0.5, 0.6) is 0 Å². The molecule has 0 saturated heterocycles. The Kier molecular flexibility index (Phi) is 6.50. The van der Waals surface area contributed by atoms with E-state index in [0.717, 1.165) is 46.6 Å². The van der Waals surface area contributed by atoms with Gasteiger partial charge in [0.2, 0.25) is 0 Å². The molecule has 2 atom stereocenters. The van der Waals surface area contributed by atoms with Crippen molar-refractivity contribution in [3.63, 3.8) is 0 Å². The van der Waals surface area contributed by atoms with E-state index in [-0.39, 0.29) is 24.5 Å². The highest BCUT2D eigenvalue weighted by Gasteiger charge is 2.34. The Balaban J connectivity index is 1.47. The molecule has 2 aromatic rings. The minimum atomic E-state index is -4.54. The van der Waals surface area contributed by atoms with Crippen molar-refractivity contribution in [2.75, 3.05) is 13.7 Å². The lowest BCUT2D eigenvalue weighted by Crippen LogP contribution is -2.44. The van der Waals surface area contributed by atoms with Crippen LogP contribution in [0.3, 0.4) is 0 Å². The van der Waals surface area contributed by atoms with E-state index in [1.54, 1.807) is 0 Å². The summed E-state index contributed by atoms with van der Waals surface area (Å²) in [5.41, 5.74) is 3.80. The normalized spacial score (nSPS) is 17.7. The van der Waals surface area contributed by atoms with E-state index in [9.17, 15) is 27.9 Å². The molecule has 0 aliphatic heterocycles. The minimum absolute atomic E-state index is 0.0583. The van der Waals surface area contributed by atoms with Gasteiger partial charge in [0.05, 0.1) is 5.56 Å². The molecule has 4 rings (SSSR count). The van der Waals surface area contributed by atoms with Gasteiger partial charge in [-0.05, 0) is 41.2 Å². The standard InChI is InChI=1S/C26H24F3NO4/c1-30(23(24(31)32)14-16-7-6-8-17(13-16)26(27,28)29)25(33)34-15-22-20-11-4-2-9-18(20)19-10-3-5-12-21(19)22/h2-4,6-11,13,22-23H,5,12,14-15H2,1H3,(H,31,32)/t22?,23-/m0/s1. The lowest BCUT2D eigenvalue weighted by atomic mass is 9.91. The molecule has 1 unspecified atom stereocenters. The fraction of sp³-hybridized carbons (Fsp3) is 0.308. The lowest BCUT2D eigenvalue weighted by Gasteiger charge is -2.26. The number of benzene rings is 2. The summed E-state index contributed by atoms with van der Waals surface area (Å²) in [6.45, 7) is 0.0583. The van der Waals surface area contributed by atoms with Crippen LogP contribution in [0.4, 0.5) is 18.0 Å². The van der Waals surface area contributed by atoms with E-state index in [4.69, 9.17) is 4.74 Å². The van der Waals surface area contributed by atoms with Crippen LogP contribution in [0.1, 0.15) is 41.0 Å². The van der Waals surface area contributed by atoms with Crippen molar-refractivity contribution < 1.29 is 32.6 Å². The first-order chi connectivity index (χ1) is 16.2. The molecule has 0 radical (unpaired) electrons. The monoisotopic (exact) mass is 471 g/mol. The van der Waals surface area contributed by atoms with Crippen LogP contribution < -0.4 is 0 Å². The summed E-state index contributed by atoms with van der Waals surface area (Å²) >= 11 is 0. The molecule has 2 aliphatic rings. The Morgan fingerprint density at radius 3 is 2.68 bits per heavy atom. The van der Waals surface area contributed by atoms with E-state index in [1.165, 1.54) is 24.8 Å². The molecule has 0 aromatic heterocycles. The van der Waals surface area contributed by atoms with Crippen LogP contribution in [-0.4, -0.2) is 41.8 Å². The predicted octanol–water partition coefficient (Wildman–Crippen LogP) is 5.67. The van der Waals surface area contributed by atoms with Crippen LogP contribution >= 0.6 is 0 Å². The van der Waals surface area contributed by atoms with Crippen molar-refractivity contribution in [1.82, 2.24) is 4.90 Å². The van der Waals surface area contributed by atoms with E-state index in [2.05, 4.69) is 12.2 Å². The van der Waals surface area contributed by atoms with Gasteiger partial charge in [-0.25, -0.2) is 9.59 Å². The van der Waals surface area contributed by atoms with Crippen LogP contribution in [0.2, 0.25) is 0 Å². The van der Waals surface area contributed by atoms with Crippen LogP contribution in [0.25, 0.3) is 5.57 Å². The van der Waals surface area contributed by atoms with E-state index < -0.39 is 29.8 Å². The zero-order valence-electron chi connectivity index (χ0n) is 18.5. The molecule has 0 bridgehead atoms. The zero-order valence-corrected chi connectivity index (χ0v) is 18.5. The Hall–Kier alpha value is -3.55. The second-order valence-electron chi connectivity index (χ2n) is 8.46. The number of carboxylic acid groups (broad SMARTS) is 1. The predicted molar refractivity (Wildman–Crippen MR) is 120 cm³/mol. The van der Waals surface area contributed by atoms with Gasteiger partial charge in [-0.3, -0.25) is 4.90 Å².